The van der Waals surface area contributed by atoms with E-state index < -0.39 is 0 Å². The van der Waals surface area contributed by atoms with Gasteiger partial charge in [-0.05, 0) is 36.8 Å². The van der Waals surface area contributed by atoms with Gasteiger partial charge in [0, 0.05) is 32.2 Å². The summed E-state index contributed by atoms with van der Waals surface area (Å²) in [7, 11) is 1.71. The van der Waals surface area contributed by atoms with Gasteiger partial charge < -0.3 is 25.6 Å². The minimum Gasteiger partial charge on any atom is -0.492 e. The Morgan fingerprint density at radius 1 is 1.13 bits per heavy atom. The van der Waals surface area contributed by atoms with Crippen molar-refractivity contribution in [3.05, 3.63) is 65.2 Å². The van der Waals surface area contributed by atoms with Gasteiger partial charge in [-0.25, -0.2) is 0 Å². The number of nitrogens with one attached hydrogen (secondary N) is 3. The zero-order valence-corrected chi connectivity index (χ0v) is 18.0. The lowest BCUT2D eigenvalue weighted by Crippen LogP contribution is -2.49. The summed E-state index contributed by atoms with van der Waals surface area (Å²) in [6.45, 7) is 4.88. The third kappa shape index (κ3) is 6.74. The number of hydrogen-bond acceptors (Lipinski definition) is 4. The molecule has 0 aromatic heterocycles. The molecule has 8 heteroatoms. The van der Waals surface area contributed by atoms with Gasteiger partial charge in [0.1, 0.15) is 12.4 Å². The highest BCUT2D eigenvalue weighted by molar-refractivity contribution is 5.97. The van der Waals surface area contributed by atoms with Crippen LogP contribution in [0, 0.1) is 6.92 Å². The van der Waals surface area contributed by atoms with Crippen molar-refractivity contribution in [1.82, 2.24) is 20.9 Å². The van der Waals surface area contributed by atoms with Crippen LogP contribution in [0.15, 0.2) is 53.5 Å². The lowest BCUT2D eigenvalue weighted by atomic mass is 10.1. The summed E-state index contributed by atoms with van der Waals surface area (Å²) in [6, 6.07) is 15.3. The van der Waals surface area contributed by atoms with Crippen molar-refractivity contribution in [2.45, 2.75) is 13.5 Å². The van der Waals surface area contributed by atoms with Crippen LogP contribution in [0.1, 0.15) is 21.5 Å². The molecule has 31 heavy (non-hydrogen) atoms. The summed E-state index contributed by atoms with van der Waals surface area (Å²) in [5.41, 5.74) is 2.80. The zero-order valence-electron chi connectivity index (χ0n) is 18.0. The van der Waals surface area contributed by atoms with E-state index in [1.54, 1.807) is 24.1 Å². The summed E-state index contributed by atoms with van der Waals surface area (Å²) in [5.74, 6) is 1.27. The van der Waals surface area contributed by atoms with Crippen molar-refractivity contribution in [3.63, 3.8) is 0 Å². The van der Waals surface area contributed by atoms with Gasteiger partial charge in [-0.1, -0.05) is 29.8 Å². The smallest absolute Gasteiger partial charge is 0.254 e. The van der Waals surface area contributed by atoms with Gasteiger partial charge in [0.15, 0.2) is 5.96 Å². The average molecular weight is 424 g/mol. The third-order valence-corrected chi connectivity index (χ3v) is 4.89. The minimum absolute atomic E-state index is 0.109. The molecule has 0 spiro atoms. The second-order valence-electron chi connectivity index (χ2n) is 7.29. The van der Waals surface area contributed by atoms with E-state index in [0.717, 1.165) is 11.3 Å². The number of aryl methyl sites for hydroxylation is 1. The first-order chi connectivity index (χ1) is 15.0. The molecule has 164 valence electrons. The number of piperazine rings is 1. The van der Waals surface area contributed by atoms with Crippen LogP contribution in [0.3, 0.4) is 0 Å². The van der Waals surface area contributed by atoms with Crippen LogP contribution in [0.25, 0.3) is 0 Å². The Kier molecular flexibility index (Phi) is 7.86. The standard InChI is InChI=1S/C23H29N5O3/c1-17-3-9-20(10-4-17)31-14-12-26-23(24-2)27-15-18-5-7-19(8-6-18)22(30)28-13-11-25-21(29)16-28/h3-10H,11-16H2,1-2H3,(H,25,29)(H2,24,26,27). The Morgan fingerprint density at radius 3 is 2.55 bits per heavy atom. The molecule has 0 atom stereocenters. The van der Waals surface area contributed by atoms with Crippen LogP contribution < -0.4 is 20.7 Å². The van der Waals surface area contributed by atoms with Crippen molar-refractivity contribution in [3.8, 4) is 5.75 Å². The Labute approximate surface area is 182 Å². The van der Waals surface area contributed by atoms with Gasteiger partial charge in [-0.15, -0.1) is 0 Å². The van der Waals surface area contributed by atoms with Gasteiger partial charge in [-0.3, -0.25) is 14.6 Å². The molecule has 3 rings (SSSR count). The molecule has 1 aliphatic rings. The molecule has 3 N–H and O–H groups in total. The third-order valence-electron chi connectivity index (χ3n) is 4.89. The second kappa shape index (κ2) is 11.0. The highest BCUT2D eigenvalue weighted by Crippen LogP contribution is 2.11. The van der Waals surface area contributed by atoms with E-state index in [0.29, 0.717) is 44.3 Å². The van der Waals surface area contributed by atoms with Gasteiger partial charge in [-0.2, -0.15) is 0 Å². The number of aliphatic imine (C=N–C) groups is 1. The summed E-state index contributed by atoms with van der Waals surface area (Å²) in [6.07, 6.45) is 0. The first-order valence-electron chi connectivity index (χ1n) is 10.3. The van der Waals surface area contributed by atoms with E-state index in [1.807, 2.05) is 43.3 Å². The SMILES string of the molecule is CN=C(NCCOc1ccc(C)cc1)NCc1ccc(C(=O)N2CCNC(=O)C2)cc1. The molecule has 0 radical (unpaired) electrons. The average Bonchev–Trinajstić information content (AvgIpc) is 2.79. The molecule has 0 unspecified atom stereocenters. The number of carbonyl (C=O) groups is 2. The number of amides is 2. The molecule has 1 heterocycles. The van der Waals surface area contributed by atoms with Crippen molar-refractivity contribution >= 4 is 17.8 Å². The molecule has 1 fully saturated rings. The molecular weight excluding hydrogens is 394 g/mol. The number of rotatable bonds is 7. The minimum atomic E-state index is -0.125. The number of benzene rings is 2. The predicted octanol–water partition coefficient (Wildman–Crippen LogP) is 1.31. The maximum Gasteiger partial charge on any atom is 0.254 e. The van der Waals surface area contributed by atoms with Crippen molar-refractivity contribution in [2.24, 2.45) is 4.99 Å². The lowest BCUT2D eigenvalue weighted by molar-refractivity contribution is -0.123. The fourth-order valence-corrected chi connectivity index (χ4v) is 3.14. The lowest BCUT2D eigenvalue weighted by Gasteiger charge is -2.26. The van der Waals surface area contributed by atoms with Crippen molar-refractivity contribution < 1.29 is 14.3 Å². The van der Waals surface area contributed by atoms with E-state index in [4.69, 9.17) is 4.74 Å². The molecule has 0 bridgehead atoms. The number of ether oxygens (including phenoxy) is 1. The Balaban J connectivity index is 1.41. The molecule has 8 nitrogen and oxygen atoms in total. The van der Waals surface area contributed by atoms with E-state index in [1.165, 1.54) is 5.56 Å². The van der Waals surface area contributed by atoms with Crippen LogP contribution in [0.5, 0.6) is 5.75 Å². The first kappa shape index (κ1) is 22.1. The van der Waals surface area contributed by atoms with E-state index in [-0.39, 0.29) is 18.4 Å². The maximum atomic E-state index is 12.5. The molecule has 0 saturated carbocycles. The van der Waals surface area contributed by atoms with E-state index in [2.05, 4.69) is 20.9 Å². The number of guanidine groups is 1. The zero-order chi connectivity index (χ0) is 22.1. The molecule has 1 saturated heterocycles. The van der Waals surface area contributed by atoms with Crippen LogP contribution in [0.4, 0.5) is 0 Å². The number of hydrogen-bond donors (Lipinski definition) is 3. The Bertz CT molecular complexity index is 910. The van der Waals surface area contributed by atoms with E-state index >= 15 is 0 Å². The van der Waals surface area contributed by atoms with Gasteiger partial charge in [0.25, 0.3) is 5.91 Å². The van der Waals surface area contributed by atoms with Crippen LogP contribution >= 0.6 is 0 Å². The monoisotopic (exact) mass is 423 g/mol. The quantitative estimate of drug-likeness (QED) is 0.355. The molecular formula is C23H29N5O3. The summed E-state index contributed by atoms with van der Waals surface area (Å²) < 4.78 is 5.70. The molecule has 2 aromatic rings. The molecule has 2 aromatic carbocycles. The molecule has 2 amide bonds. The van der Waals surface area contributed by atoms with Crippen LogP contribution in [0.2, 0.25) is 0 Å². The second-order valence-corrected chi connectivity index (χ2v) is 7.29. The topological polar surface area (TPSA) is 95.1 Å². The van der Waals surface area contributed by atoms with Gasteiger partial charge in [0.05, 0.1) is 13.1 Å². The van der Waals surface area contributed by atoms with Crippen LogP contribution in [-0.2, 0) is 11.3 Å². The normalized spacial score (nSPS) is 14.1. The fraction of sp³-hybridized carbons (Fsp3) is 0.348. The largest absolute Gasteiger partial charge is 0.492 e. The highest BCUT2D eigenvalue weighted by Gasteiger charge is 2.22. The molecule has 1 aliphatic heterocycles. The Morgan fingerprint density at radius 2 is 1.87 bits per heavy atom. The molecule has 0 aliphatic carbocycles. The van der Waals surface area contributed by atoms with Crippen molar-refractivity contribution in [1.29, 1.82) is 0 Å². The predicted molar refractivity (Wildman–Crippen MR) is 120 cm³/mol. The summed E-state index contributed by atoms with van der Waals surface area (Å²) in [4.78, 5) is 29.8. The van der Waals surface area contributed by atoms with Crippen molar-refractivity contribution in [2.75, 3.05) is 39.8 Å². The fourth-order valence-electron chi connectivity index (χ4n) is 3.14. The number of carbonyl (C=O) groups excluding carboxylic acids is 2. The number of nitrogens with zero attached hydrogens (tertiary/aromatic N) is 2. The summed E-state index contributed by atoms with van der Waals surface area (Å²) in [5, 5.41) is 9.18. The van der Waals surface area contributed by atoms with Crippen LogP contribution in [-0.4, -0.2) is 62.5 Å². The highest BCUT2D eigenvalue weighted by atomic mass is 16.5. The first-order valence-corrected chi connectivity index (χ1v) is 10.3. The maximum absolute atomic E-state index is 12.5. The van der Waals surface area contributed by atoms with Gasteiger partial charge >= 0.3 is 0 Å². The summed E-state index contributed by atoms with van der Waals surface area (Å²) >= 11 is 0. The Hall–Kier alpha value is -3.55. The van der Waals surface area contributed by atoms with Gasteiger partial charge in [0.2, 0.25) is 5.91 Å². The van der Waals surface area contributed by atoms with E-state index in [9.17, 15) is 9.59 Å².